The average molecular weight is 492 g/mol. The normalized spacial score (nSPS) is 16.9. The number of Topliss-reactive ketones (excluding diaryl/α,β-unsaturated/α-hetero) is 1. The number of rotatable bonds is 6. The van der Waals surface area contributed by atoms with Crippen molar-refractivity contribution < 1.29 is 29.0 Å². The molecular weight excluding hydrogens is 470 g/mol. The second kappa shape index (κ2) is 10.0. The fourth-order valence-electron chi connectivity index (χ4n) is 3.94. The van der Waals surface area contributed by atoms with Crippen molar-refractivity contribution in [2.45, 2.75) is 13.0 Å². The first kappa shape index (κ1) is 24.0. The Kier molecular flexibility index (Phi) is 6.89. The third kappa shape index (κ3) is 4.63. The van der Waals surface area contributed by atoms with Gasteiger partial charge >= 0.3 is 5.97 Å². The third-order valence-electron chi connectivity index (χ3n) is 5.65. The van der Waals surface area contributed by atoms with Gasteiger partial charge in [0.25, 0.3) is 11.7 Å². The number of anilines is 1. The molecule has 1 atom stereocenters. The molecule has 8 heteroatoms. The summed E-state index contributed by atoms with van der Waals surface area (Å²) < 4.78 is 10.2. The molecule has 1 heterocycles. The van der Waals surface area contributed by atoms with Crippen LogP contribution in [-0.2, 0) is 14.3 Å². The Hall–Kier alpha value is -4.10. The van der Waals surface area contributed by atoms with E-state index in [4.69, 9.17) is 21.1 Å². The van der Waals surface area contributed by atoms with Crippen LogP contribution in [0.25, 0.3) is 5.76 Å². The molecule has 0 spiro atoms. The molecule has 1 aliphatic rings. The Labute approximate surface area is 207 Å². The number of methoxy groups -OCH3 is 1. The average Bonchev–Trinajstić information content (AvgIpc) is 3.14. The number of benzene rings is 3. The van der Waals surface area contributed by atoms with Crippen LogP contribution in [0.1, 0.15) is 34.5 Å². The van der Waals surface area contributed by atoms with Gasteiger partial charge in [0.15, 0.2) is 0 Å². The number of ketones is 1. The number of carbonyl (C=O) groups is 3. The minimum Gasteiger partial charge on any atom is -0.507 e. The number of halogens is 1. The first-order valence-corrected chi connectivity index (χ1v) is 11.2. The molecule has 0 aliphatic carbocycles. The first-order valence-electron chi connectivity index (χ1n) is 10.8. The number of carbonyl (C=O) groups excluding carboxylic acids is 3. The smallest absolute Gasteiger partial charge is 0.338 e. The van der Waals surface area contributed by atoms with Gasteiger partial charge in [-0.15, -0.1) is 0 Å². The summed E-state index contributed by atoms with van der Waals surface area (Å²) in [6, 6.07) is 18.5. The number of aliphatic hydroxyl groups excluding tert-OH is 1. The van der Waals surface area contributed by atoms with E-state index < -0.39 is 23.7 Å². The van der Waals surface area contributed by atoms with Crippen LogP contribution in [-0.4, -0.2) is 36.5 Å². The molecule has 1 aliphatic heterocycles. The summed E-state index contributed by atoms with van der Waals surface area (Å²) in [4.78, 5) is 39.8. The maximum atomic E-state index is 13.2. The number of amides is 1. The lowest BCUT2D eigenvalue weighted by Gasteiger charge is -2.25. The van der Waals surface area contributed by atoms with Crippen molar-refractivity contribution in [3.8, 4) is 5.75 Å². The number of hydrogen-bond donors (Lipinski definition) is 1. The van der Waals surface area contributed by atoms with Gasteiger partial charge in [-0.2, -0.15) is 0 Å². The van der Waals surface area contributed by atoms with Gasteiger partial charge in [0.2, 0.25) is 0 Å². The van der Waals surface area contributed by atoms with Gasteiger partial charge in [0, 0.05) is 16.3 Å². The Morgan fingerprint density at radius 3 is 2.11 bits per heavy atom. The van der Waals surface area contributed by atoms with Gasteiger partial charge in [0.05, 0.1) is 30.9 Å². The summed E-state index contributed by atoms with van der Waals surface area (Å²) in [5.74, 6) is -1.85. The molecule has 1 saturated heterocycles. The van der Waals surface area contributed by atoms with Crippen molar-refractivity contribution in [3.05, 3.63) is 100 Å². The van der Waals surface area contributed by atoms with Crippen LogP contribution >= 0.6 is 11.6 Å². The standard InChI is InChI=1S/C27H22ClNO6/c1-3-35-27(33)18-6-12-20(13-7-18)29-23(16-4-10-19(28)11-5-16)22(25(31)26(29)32)24(30)17-8-14-21(34-2)15-9-17/h4-15,23,30H,3H2,1-2H3/t23-/m0/s1. The van der Waals surface area contributed by atoms with Crippen LogP contribution in [0, 0.1) is 0 Å². The van der Waals surface area contributed by atoms with Gasteiger partial charge in [-0.05, 0) is 73.2 Å². The zero-order chi connectivity index (χ0) is 25.1. The maximum Gasteiger partial charge on any atom is 0.338 e. The van der Waals surface area contributed by atoms with Gasteiger partial charge in [0.1, 0.15) is 11.5 Å². The molecule has 0 radical (unpaired) electrons. The lowest BCUT2D eigenvalue weighted by Crippen LogP contribution is -2.29. The zero-order valence-electron chi connectivity index (χ0n) is 19.0. The molecule has 0 bridgehead atoms. The quantitative estimate of drug-likeness (QED) is 0.222. The third-order valence-corrected chi connectivity index (χ3v) is 5.90. The predicted molar refractivity (Wildman–Crippen MR) is 132 cm³/mol. The summed E-state index contributed by atoms with van der Waals surface area (Å²) in [6.45, 7) is 1.94. The second-order valence-electron chi connectivity index (χ2n) is 7.72. The largest absolute Gasteiger partial charge is 0.507 e. The highest BCUT2D eigenvalue weighted by Gasteiger charge is 2.47. The van der Waals surface area contributed by atoms with Crippen molar-refractivity contribution in [1.82, 2.24) is 0 Å². The van der Waals surface area contributed by atoms with Crippen LogP contribution < -0.4 is 9.64 Å². The van der Waals surface area contributed by atoms with Crippen LogP contribution in [0.5, 0.6) is 5.75 Å². The highest BCUT2D eigenvalue weighted by molar-refractivity contribution is 6.51. The molecule has 3 aromatic rings. The van der Waals surface area contributed by atoms with Gasteiger partial charge in [-0.1, -0.05) is 23.7 Å². The van der Waals surface area contributed by atoms with Crippen molar-refractivity contribution in [2.75, 3.05) is 18.6 Å². The number of ether oxygens (including phenoxy) is 2. The minimum absolute atomic E-state index is 0.0584. The van der Waals surface area contributed by atoms with Crippen molar-refractivity contribution in [1.29, 1.82) is 0 Å². The van der Waals surface area contributed by atoms with E-state index in [0.29, 0.717) is 33.1 Å². The molecule has 7 nitrogen and oxygen atoms in total. The van der Waals surface area contributed by atoms with E-state index >= 15 is 0 Å². The number of aliphatic hydroxyl groups is 1. The van der Waals surface area contributed by atoms with Crippen molar-refractivity contribution in [2.24, 2.45) is 0 Å². The first-order chi connectivity index (χ1) is 16.8. The lowest BCUT2D eigenvalue weighted by molar-refractivity contribution is -0.132. The topological polar surface area (TPSA) is 93.1 Å². The van der Waals surface area contributed by atoms with Gasteiger partial charge in [-0.25, -0.2) is 4.79 Å². The van der Waals surface area contributed by atoms with Crippen molar-refractivity contribution in [3.63, 3.8) is 0 Å². The van der Waals surface area contributed by atoms with Gasteiger partial charge < -0.3 is 14.6 Å². The molecule has 1 amide bonds. The van der Waals surface area contributed by atoms with E-state index in [-0.39, 0.29) is 17.9 Å². The predicted octanol–water partition coefficient (Wildman–Crippen LogP) is 5.15. The van der Waals surface area contributed by atoms with Crippen LogP contribution in [0.4, 0.5) is 5.69 Å². The Morgan fingerprint density at radius 2 is 1.54 bits per heavy atom. The molecule has 0 aromatic heterocycles. The molecule has 1 N–H and O–H groups in total. The Balaban J connectivity index is 1.84. The summed E-state index contributed by atoms with van der Waals surface area (Å²) in [6.07, 6.45) is 0. The van der Waals surface area contributed by atoms with E-state index in [1.54, 1.807) is 67.6 Å². The molecule has 3 aromatic carbocycles. The molecule has 1 fully saturated rings. The van der Waals surface area contributed by atoms with E-state index in [1.165, 1.54) is 24.1 Å². The van der Waals surface area contributed by atoms with Gasteiger partial charge in [-0.3, -0.25) is 14.5 Å². The van der Waals surface area contributed by atoms with Crippen molar-refractivity contribution >= 4 is 40.7 Å². The highest BCUT2D eigenvalue weighted by atomic mass is 35.5. The summed E-state index contributed by atoms with van der Waals surface area (Å²) in [5, 5.41) is 11.6. The summed E-state index contributed by atoms with van der Waals surface area (Å²) in [7, 11) is 1.52. The van der Waals surface area contributed by atoms with Crippen LogP contribution in [0.15, 0.2) is 78.4 Å². The lowest BCUT2D eigenvalue weighted by atomic mass is 9.95. The number of nitrogens with zero attached hydrogens (tertiary/aromatic N) is 1. The number of hydrogen-bond acceptors (Lipinski definition) is 6. The molecule has 0 saturated carbocycles. The summed E-state index contributed by atoms with van der Waals surface area (Å²) in [5.41, 5.74) is 1.58. The van der Waals surface area contributed by atoms with Crippen LogP contribution in [0.2, 0.25) is 5.02 Å². The van der Waals surface area contributed by atoms with E-state index in [1.807, 2.05) is 0 Å². The molecule has 0 unspecified atom stereocenters. The minimum atomic E-state index is -0.914. The maximum absolute atomic E-state index is 13.2. The molecular formula is C27H22ClNO6. The zero-order valence-corrected chi connectivity index (χ0v) is 19.8. The van der Waals surface area contributed by atoms with E-state index in [0.717, 1.165) is 0 Å². The molecule has 4 rings (SSSR count). The Morgan fingerprint density at radius 1 is 0.943 bits per heavy atom. The Bertz CT molecular complexity index is 1300. The fraction of sp³-hybridized carbons (Fsp3) is 0.148. The summed E-state index contributed by atoms with van der Waals surface area (Å²) >= 11 is 6.06. The monoisotopic (exact) mass is 491 g/mol. The van der Waals surface area contributed by atoms with Crippen LogP contribution in [0.3, 0.4) is 0 Å². The van der Waals surface area contributed by atoms with E-state index in [2.05, 4.69) is 0 Å². The second-order valence-corrected chi connectivity index (χ2v) is 8.15. The highest BCUT2D eigenvalue weighted by Crippen LogP contribution is 2.42. The molecule has 178 valence electrons. The number of esters is 1. The fourth-order valence-corrected chi connectivity index (χ4v) is 4.06. The molecule has 35 heavy (non-hydrogen) atoms. The van der Waals surface area contributed by atoms with E-state index in [9.17, 15) is 19.5 Å². The SMILES string of the molecule is CCOC(=O)c1ccc(N2C(=O)C(=O)C(=C(O)c3ccc(OC)cc3)[C@@H]2c2ccc(Cl)cc2)cc1.